The predicted octanol–water partition coefficient (Wildman–Crippen LogP) is 1.97. The number of amides is 1. The molecule has 1 aromatic rings. The lowest BCUT2D eigenvalue weighted by Gasteiger charge is -2.32. The van der Waals surface area contributed by atoms with Gasteiger partial charge >= 0.3 is 0 Å². The number of hydrogen-bond acceptors (Lipinski definition) is 7. The first-order valence-corrected chi connectivity index (χ1v) is 12.8. The van der Waals surface area contributed by atoms with Gasteiger partial charge in [-0.2, -0.15) is 4.31 Å². The summed E-state index contributed by atoms with van der Waals surface area (Å²) in [5.41, 5.74) is 0. The average molecular weight is 483 g/mol. The van der Waals surface area contributed by atoms with Crippen molar-refractivity contribution in [2.24, 2.45) is 5.92 Å². The number of carbonyl (C=O) groups is 1. The van der Waals surface area contributed by atoms with Crippen LogP contribution in [0.15, 0.2) is 41.0 Å². The fourth-order valence-electron chi connectivity index (χ4n) is 3.98. The number of rotatable bonds is 10. The Morgan fingerprint density at radius 3 is 2.52 bits per heavy atom. The highest BCUT2D eigenvalue weighted by molar-refractivity contribution is 7.89. The molecule has 1 fully saturated rings. The molecular formula is C23H34N2O7S. The molecule has 2 heterocycles. The van der Waals surface area contributed by atoms with E-state index in [1.165, 1.54) is 23.5 Å². The van der Waals surface area contributed by atoms with Crippen molar-refractivity contribution >= 4 is 15.9 Å². The first kappa shape index (κ1) is 25.5. The van der Waals surface area contributed by atoms with Gasteiger partial charge in [0.15, 0.2) is 5.76 Å². The Labute approximate surface area is 196 Å². The first-order chi connectivity index (χ1) is 15.8. The molecule has 1 amide bonds. The molecule has 0 saturated carbocycles. The van der Waals surface area contributed by atoms with Crippen molar-refractivity contribution in [2.45, 2.75) is 43.8 Å². The number of likely N-dealkylation sites (tertiary alicyclic amines) is 1. The number of aliphatic hydroxyl groups is 1. The maximum absolute atomic E-state index is 13.0. The van der Waals surface area contributed by atoms with Crippen LogP contribution in [0.2, 0.25) is 0 Å². The van der Waals surface area contributed by atoms with Gasteiger partial charge in [0.25, 0.3) is 5.91 Å². The maximum atomic E-state index is 13.0. The summed E-state index contributed by atoms with van der Waals surface area (Å²) in [7, 11) is -2.31. The number of benzene rings is 1. The van der Waals surface area contributed by atoms with Crippen molar-refractivity contribution in [1.82, 2.24) is 9.21 Å². The Morgan fingerprint density at radius 1 is 1.18 bits per heavy atom. The monoisotopic (exact) mass is 482 g/mol. The zero-order chi connectivity index (χ0) is 23.8. The van der Waals surface area contributed by atoms with Crippen LogP contribution in [0.3, 0.4) is 0 Å². The lowest BCUT2D eigenvalue weighted by molar-refractivity contribution is -0.155. The van der Waals surface area contributed by atoms with E-state index in [1.54, 1.807) is 12.1 Å². The van der Waals surface area contributed by atoms with Crippen LogP contribution in [0, 0.1) is 5.92 Å². The van der Waals surface area contributed by atoms with Crippen LogP contribution >= 0.6 is 0 Å². The summed E-state index contributed by atoms with van der Waals surface area (Å²) in [5.74, 6) is 0.846. The molecule has 0 aliphatic carbocycles. The highest BCUT2D eigenvalue weighted by Crippen LogP contribution is 2.25. The lowest BCUT2D eigenvalue weighted by atomic mass is 10.0. The quantitative estimate of drug-likeness (QED) is 0.544. The SMILES string of the molecule is COc1ccc(S(=O)(=O)N(CCO)CCO[C@@H]2C[C@H](C)C=C(C(=O)N3CCCCC3)O2)cc1. The van der Waals surface area contributed by atoms with Gasteiger partial charge in [-0.1, -0.05) is 6.92 Å². The number of sulfonamides is 1. The Kier molecular flexibility index (Phi) is 9.13. The van der Waals surface area contributed by atoms with Crippen molar-refractivity contribution in [2.75, 3.05) is 46.5 Å². The second-order valence-corrected chi connectivity index (χ2v) is 10.3. The first-order valence-electron chi connectivity index (χ1n) is 11.4. The molecule has 0 radical (unpaired) electrons. The minimum Gasteiger partial charge on any atom is -0.497 e. The van der Waals surface area contributed by atoms with Crippen LogP contribution in [0.4, 0.5) is 0 Å². The molecule has 2 aliphatic rings. The number of piperidine rings is 1. The highest BCUT2D eigenvalue weighted by Gasteiger charge is 2.30. The van der Waals surface area contributed by atoms with Gasteiger partial charge in [0.2, 0.25) is 16.3 Å². The third-order valence-corrected chi connectivity index (χ3v) is 7.72. The van der Waals surface area contributed by atoms with E-state index in [9.17, 15) is 18.3 Å². The predicted molar refractivity (Wildman–Crippen MR) is 122 cm³/mol. The van der Waals surface area contributed by atoms with Crippen molar-refractivity contribution in [3.8, 4) is 5.75 Å². The van der Waals surface area contributed by atoms with Crippen LogP contribution < -0.4 is 4.74 Å². The van der Waals surface area contributed by atoms with E-state index in [0.29, 0.717) is 17.9 Å². The van der Waals surface area contributed by atoms with E-state index in [0.717, 1.165) is 32.4 Å². The van der Waals surface area contributed by atoms with E-state index in [1.807, 2.05) is 17.9 Å². The van der Waals surface area contributed by atoms with E-state index in [4.69, 9.17) is 14.2 Å². The van der Waals surface area contributed by atoms with Crippen molar-refractivity contribution in [3.63, 3.8) is 0 Å². The molecule has 3 rings (SSSR count). The lowest BCUT2D eigenvalue weighted by Crippen LogP contribution is -2.40. The Morgan fingerprint density at radius 2 is 1.88 bits per heavy atom. The van der Waals surface area contributed by atoms with Gasteiger partial charge in [0, 0.05) is 32.6 Å². The Hall–Kier alpha value is -2.14. The van der Waals surface area contributed by atoms with E-state index in [2.05, 4.69) is 0 Å². The van der Waals surface area contributed by atoms with E-state index >= 15 is 0 Å². The van der Waals surface area contributed by atoms with Gasteiger partial charge in [-0.25, -0.2) is 8.42 Å². The maximum Gasteiger partial charge on any atom is 0.288 e. The topological polar surface area (TPSA) is 106 Å². The number of ether oxygens (including phenoxy) is 3. The van der Waals surface area contributed by atoms with Crippen LogP contribution in [0.25, 0.3) is 0 Å². The number of hydrogen-bond donors (Lipinski definition) is 1. The molecule has 0 spiro atoms. The molecule has 10 heteroatoms. The normalized spacial score (nSPS) is 21.5. The minimum atomic E-state index is -3.82. The third-order valence-electron chi connectivity index (χ3n) is 5.80. The average Bonchev–Trinajstić information content (AvgIpc) is 2.83. The molecule has 0 unspecified atom stereocenters. The van der Waals surface area contributed by atoms with Crippen LogP contribution in [0.5, 0.6) is 5.75 Å². The van der Waals surface area contributed by atoms with Gasteiger partial charge in [0.1, 0.15) is 5.75 Å². The van der Waals surface area contributed by atoms with Crippen molar-refractivity contribution in [1.29, 1.82) is 0 Å². The fraction of sp³-hybridized carbons (Fsp3) is 0.609. The van der Waals surface area contributed by atoms with Crippen molar-refractivity contribution < 1.29 is 32.5 Å². The van der Waals surface area contributed by atoms with Crippen LogP contribution in [0.1, 0.15) is 32.6 Å². The third kappa shape index (κ3) is 6.69. The van der Waals surface area contributed by atoms with E-state index in [-0.39, 0.29) is 43.0 Å². The van der Waals surface area contributed by atoms with Gasteiger partial charge in [-0.05, 0) is 55.5 Å². The molecule has 2 atom stereocenters. The summed E-state index contributed by atoms with van der Waals surface area (Å²) in [6.45, 7) is 3.20. The van der Waals surface area contributed by atoms with E-state index < -0.39 is 16.3 Å². The zero-order valence-corrected chi connectivity index (χ0v) is 20.1. The summed E-state index contributed by atoms with van der Waals surface area (Å²) >= 11 is 0. The second kappa shape index (κ2) is 11.8. The Bertz CT molecular complexity index is 911. The standard InChI is InChI=1S/C23H34N2O7S/c1-18-16-21(23(27)24-10-4-3-5-11-24)32-22(17-18)31-15-13-25(12-14-26)33(28,29)20-8-6-19(30-2)7-9-20/h6-9,16,18,22,26H,3-5,10-15,17H2,1-2H3/t18-,22+/m1/s1. The smallest absolute Gasteiger partial charge is 0.288 e. The molecule has 1 aromatic carbocycles. The number of nitrogens with zero attached hydrogens (tertiary/aromatic N) is 2. The summed E-state index contributed by atoms with van der Waals surface area (Å²) in [4.78, 5) is 14.7. The molecule has 1 saturated heterocycles. The molecule has 184 valence electrons. The van der Waals surface area contributed by atoms with Crippen molar-refractivity contribution in [3.05, 3.63) is 36.1 Å². The van der Waals surface area contributed by atoms with Crippen LogP contribution in [-0.2, 0) is 24.3 Å². The molecule has 2 aliphatic heterocycles. The number of allylic oxidation sites excluding steroid dienone is 1. The molecule has 9 nitrogen and oxygen atoms in total. The largest absolute Gasteiger partial charge is 0.497 e. The molecular weight excluding hydrogens is 448 g/mol. The summed E-state index contributed by atoms with van der Waals surface area (Å²) in [6.07, 6.45) is 4.91. The number of methoxy groups -OCH3 is 1. The summed E-state index contributed by atoms with van der Waals surface area (Å²) in [5, 5.41) is 9.39. The second-order valence-electron chi connectivity index (χ2n) is 8.32. The number of aliphatic hydroxyl groups excluding tert-OH is 1. The van der Waals surface area contributed by atoms with Gasteiger partial charge in [0.05, 0.1) is 25.2 Å². The molecule has 0 aromatic heterocycles. The molecule has 1 N–H and O–H groups in total. The van der Waals surface area contributed by atoms with Gasteiger partial charge in [-0.15, -0.1) is 0 Å². The zero-order valence-electron chi connectivity index (χ0n) is 19.3. The van der Waals surface area contributed by atoms with Crippen LogP contribution in [-0.4, -0.2) is 81.4 Å². The molecule has 33 heavy (non-hydrogen) atoms. The summed E-state index contributed by atoms with van der Waals surface area (Å²) in [6, 6.07) is 6.08. The minimum absolute atomic E-state index is 0.0439. The summed E-state index contributed by atoms with van der Waals surface area (Å²) < 4.78 is 43.9. The van der Waals surface area contributed by atoms with Gasteiger partial charge in [-0.3, -0.25) is 4.79 Å². The van der Waals surface area contributed by atoms with Gasteiger partial charge < -0.3 is 24.2 Å². The number of carbonyl (C=O) groups excluding carboxylic acids is 1. The molecule has 0 bridgehead atoms. The highest BCUT2D eigenvalue weighted by atomic mass is 32.2. The Balaban J connectivity index is 1.58. The fourth-order valence-corrected chi connectivity index (χ4v) is 5.40.